The molecule has 0 spiro atoms. The molecule has 0 aliphatic carbocycles. The molecule has 0 bridgehead atoms. The van der Waals surface area contributed by atoms with Gasteiger partial charge in [-0.3, -0.25) is 0 Å². The minimum absolute atomic E-state index is 0.145. The van der Waals surface area contributed by atoms with Gasteiger partial charge in [-0.2, -0.15) is 0 Å². The van der Waals surface area contributed by atoms with Gasteiger partial charge < -0.3 is 10.1 Å². The molecule has 0 aliphatic rings. The quantitative estimate of drug-likeness (QED) is 0.855. The summed E-state index contributed by atoms with van der Waals surface area (Å²) >= 11 is 0. The second-order valence-electron chi connectivity index (χ2n) is 3.72. The van der Waals surface area contributed by atoms with E-state index in [2.05, 4.69) is 5.32 Å². The van der Waals surface area contributed by atoms with Crippen molar-refractivity contribution in [2.75, 3.05) is 6.54 Å². The molecule has 1 rings (SSSR count). The fourth-order valence-corrected chi connectivity index (χ4v) is 1.26. The average molecular weight is 225 g/mol. The normalized spacial score (nSPS) is 10.2. The topological polar surface area (TPSA) is 38.3 Å². The van der Waals surface area contributed by atoms with Gasteiger partial charge in [-0.25, -0.2) is 9.18 Å². The second kappa shape index (κ2) is 6.10. The van der Waals surface area contributed by atoms with Crippen LogP contribution in [0.2, 0.25) is 0 Å². The third-order valence-corrected chi connectivity index (χ3v) is 1.96. The SMILES string of the molecule is CC(C)OC(=O)NCCc1ccccc1F. The second-order valence-corrected chi connectivity index (χ2v) is 3.72. The van der Waals surface area contributed by atoms with E-state index in [1.807, 2.05) is 0 Å². The van der Waals surface area contributed by atoms with Crippen LogP contribution in [0.5, 0.6) is 0 Å². The van der Waals surface area contributed by atoms with Crippen molar-refractivity contribution in [1.29, 1.82) is 0 Å². The fourth-order valence-electron chi connectivity index (χ4n) is 1.26. The molecule has 0 heterocycles. The van der Waals surface area contributed by atoms with E-state index < -0.39 is 6.09 Å². The van der Waals surface area contributed by atoms with E-state index in [1.54, 1.807) is 32.0 Å². The van der Waals surface area contributed by atoms with Gasteiger partial charge in [0.15, 0.2) is 0 Å². The molecule has 1 aromatic carbocycles. The van der Waals surface area contributed by atoms with Crippen LogP contribution in [0.1, 0.15) is 19.4 Å². The Kier molecular flexibility index (Phi) is 4.76. The van der Waals surface area contributed by atoms with Gasteiger partial charge in [0.05, 0.1) is 6.10 Å². The van der Waals surface area contributed by atoms with Gasteiger partial charge in [0.2, 0.25) is 0 Å². The molecule has 0 saturated carbocycles. The Bertz CT molecular complexity index is 353. The Labute approximate surface area is 94.6 Å². The summed E-state index contributed by atoms with van der Waals surface area (Å²) in [6.45, 7) is 3.92. The summed E-state index contributed by atoms with van der Waals surface area (Å²) in [5, 5.41) is 2.56. The van der Waals surface area contributed by atoms with Gasteiger partial charge in [0.25, 0.3) is 0 Å². The van der Waals surface area contributed by atoms with Crippen molar-refractivity contribution in [3.05, 3.63) is 35.6 Å². The van der Waals surface area contributed by atoms with Crippen molar-refractivity contribution in [2.45, 2.75) is 26.4 Å². The van der Waals surface area contributed by atoms with Crippen molar-refractivity contribution in [2.24, 2.45) is 0 Å². The summed E-state index contributed by atoms with van der Waals surface area (Å²) in [4.78, 5) is 11.1. The smallest absolute Gasteiger partial charge is 0.407 e. The maximum absolute atomic E-state index is 13.2. The van der Waals surface area contributed by atoms with Crippen LogP contribution in [0.4, 0.5) is 9.18 Å². The van der Waals surface area contributed by atoms with Gasteiger partial charge in [0, 0.05) is 6.54 Å². The molecule has 0 atom stereocenters. The number of hydrogen-bond acceptors (Lipinski definition) is 2. The number of halogens is 1. The lowest BCUT2D eigenvalue weighted by Crippen LogP contribution is -2.28. The Morgan fingerprint density at radius 2 is 2.12 bits per heavy atom. The van der Waals surface area contributed by atoms with E-state index in [9.17, 15) is 9.18 Å². The number of benzene rings is 1. The van der Waals surface area contributed by atoms with Crippen molar-refractivity contribution in [3.8, 4) is 0 Å². The summed E-state index contributed by atoms with van der Waals surface area (Å²) in [7, 11) is 0. The molecule has 4 heteroatoms. The van der Waals surface area contributed by atoms with Crippen molar-refractivity contribution in [3.63, 3.8) is 0 Å². The van der Waals surface area contributed by atoms with E-state index >= 15 is 0 Å². The van der Waals surface area contributed by atoms with Gasteiger partial charge in [-0.1, -0.05) is 18.2 Å². The lowest BCUT2D eigenvalue weighted by molar-refractivity contribution is 0.116. The van der Waals surface area contributed by atoms with Crippen LogP contribution in [-0.4, -0.2) is 18.7 Å². The number of nitrogens with one attached hydrogen (secondary N) is 1. The molecule has 88 valence electrons. The molecule has 0 saturated heterocycles. The maximum atomic E-state index is 13.2. The third kappa shape index (κ3) is 4.29. The van der Waals surface area contributed by atoms with Gasteiger partial charge in [-0.05, 0) is 31.9 Å². The number of carbonyl (C=O) groups is 1. The van der Waals surface area contributed by atoms with Gasteiger partial charge >= 0.3 is 6.09 Å². The monoisotopic (exact) mass is 225 g/mol. The summed E-state index contributed by atoms with van der Waals surface area (Å²) < 4.78 is 18.1. The molecule has 3 nitrogen and oxygen atoms in total. The minimum Gasteiger partial charge on any atom is -0.447 e. The highest BCUT2D eigenvalue weighted by molar-refractivity contribution is 5.67. The maximum Gasteiger partial charge on any atom is 0.407 e. The van der Waals surface area contributed by atoms with E-state index in [0.29, 0.717) is 18.5 Å². The van der Waals surface area contributed by atoms with E-state index in [1.165, 1.54) is 6.07 Å². The number of amides is 1. The zero-order chi connectivity index (χ0) is 12.0. The molecule has 0 aliphatic heterocycles. The highest BCUT2D eigenvalue weighted by Gasteiger charge is 2.05. The number of ether oxygens (including phenoxy) is 1. The van der Waals surface area contributed by atoms with Crippen LogP contribution >= 0.6 is 0 Å². The molecule has 0 fully saturated rings. The third-order valence-electron chi connectivity index (χ3n) is 1.96. The Morgan fingerprint density at radius 1 is 1.44 bits per heavy atom. The van der Waals surface area contributed by atoms with Crippen molar-refractivity contribution >= 4 is 6.09 Å². The lowest BCUT2D eigenvalue weighted by atomic mass is 10.1. The summed E-state index contributed by atoms with van der Waals surface area (Å²) in [6, 6.07) is 6.51. The summed E-state index contributed by atoms with van der Waals surface area (Å²) in [5.74, 6) is -0.249. The van der Waals surface area contributed by atoms with Crippen LogP contribution in [0.25, 0.3) is 0 Å². The van der Waals surface area contributed by atoms with E-state index in [-0.39, 0.29) is 11.9 Å². The standard InChI is InChI=1S/C12H16FNO2/c1-9(2)16-12(15)14-8-7-10-5-3-4-6-11(10)13/h3-6,9H,7-8H2,1-2H3,(H,14,15). The largest absolute Gasteiger partial charge is 0.447 e. The number of alkyl carbamates (subject to hydrolysis) is 1. The molecule has 0 aromatic heterocycles. The Balaban J connectivity index is 2.31. The molecule has 16 heavy (non-hydrogen) atoms. The predicted molar refractivity (Wildman–Crippen MR) is 59.7 cm³/mol. The van der Waals surface area contributed by atoms with E-state index in [4.69, 9.17) is 4.74 Å². The number of rotatable bonds is 4. The van der Waals surface area contributed by atoms with Crippen LogP contribution < -0.4 is 5.32 Å². The Hall–Kier alpha value is -1.58. The molecule has 1 amide bonds. The van der Waals surface area contributed by atoms with E-state index in [0.717, 1.165) is 0 Å². The van der Waals surface area contributed by atoms with Crippen LogP contribution in [0.15, 0.2) is 24.3 Å². The number of carbonyl (C=O) groups excluding carboxylic acids is 1. The van der Waals surface area contributed by atoms with Crippen molar-refractivity contribution < 1.29 is 13.9 Å². The fraction of sp³-hybridized carbons (Fsp3) is 0.417. The van der Waals surface area contributed by atoms with Crippen LogP contribution in [0, 0.1) is 5.82 Å². The predicted octanol–water partition coefficient (Wildman–Crippen LogP) is 2.50. The first-order valence-corrected chi connectivity index (χ1v) is 5.27. The molecule has 1 N–H and O–H groups in total. The first-order valence-electron chi connectivity index (χ1n) is 5.27. The van der Waals surface area contributed by atoms with Crippen LogP contribution in [0.3, 0.4) is 0 Å². The highest BCUT2D eigenvalue weighted by atomic mass is 19.1. The van der Waals surface area contributed by atoms with Gasteiger partial charge in [0.1, 0.15) is 5.82 Å². The molecular formula is C12H16FNO2. The van der Waals surface area contributed by atoms with Gasteiger partial charge in [-0.15, -0.1) is 0 Å². The highest BCUT2D eigenvalue weighted by Crippen LogP contribution is 2.06. The zero-order valence-corrected chi connectivity index (χ0v) is 9.50. The molecule has 0 radical (unpaired) electrons. The minimum atomic E-state index is -0.466. The first kappa shape index (κ1) is 12.5. The number of hydrogen-bond donors (Lipinski definition) is 1. The zero-order valence-electron chi connectivity index (χ0n) is 9.50. The molecule has 0 unspecified atom stereocenters. The average Bonchev–Trinajstić information content (AvgIpc) is 2.19. The molecular weight excluding hydrogens is 209 g/mol. The Morgan fingerprint density at radius 3 is 2.75 bits per heavy atom. The molecule has 1 aromatic rings. The lowest BCUT2D eigenvalue weighted by Gasteiger charge is -2.09. The van der Waals surface area contributed by atoms with Crippen LogP contribution in [-0.2, 0) is 11.2 Å². The summed E-state index contributed by atoms with van der Waals surface area (Å²) in [5.41, 5.74) is 0.590. The van der Waals surface area contributed by atoms with Crippen molar-refractivity contribution in [1.82, 2.24) is 5.32 Å². The first-order chi connectivity index (χ1) is 7.59. The summed E-state index contributed by atoms with van der Waals surface area (Å²) in [6.07, 6.45) is -0.153.